The van der Waals surface area contributed by atoms with E-state index in [2.05, 4.69) is 36.8 Å². The molecule has 0 saturated carbocycles. The van der Waals surface area contributed by atoms with Gasteiger partial charge in [0.25, 0.3) is 0 Å². The molecule has 0 spiro atoms. The Morgan fingerprint density at radius 2 is 1.88 bits per heavy atom. The van der Waals surface area contributed by atoms with Crippen molar-refractivity contribution in [3.05, 3.63) is 25.0 Å². The highest BCUT2D eigenvalue weighted by Gasteiger charge is 2.31. The number of likely N-dealkylation sites (tertiary alicyclic amines) is 1. The van der Waals surface area contributed by atoms with Crippen molar-refractivity contribution in [2.24, 2.45) is 11.8 Å². The van der Waals surface area contributed by atoms with E-state index >= 15 is 0 Å². The molecule has 2 fully saturated rings. The van der Waals surface area contributed by atoms with Crippen LogP contribution in [-0.4, -0.2) is 61.7 Å². The number of hydrogen-bond donors (Lipinski definition) is 0. The second kappa shape index (κ2) is 7.39. The fourth-order valence-electron chi connectivity index (χ4n) is 3.84. The van der Waals surface area contributed by atoms with Gasteiger partial charge in [-0.3, -0.25) is 4.79 Å². The van der Waals surface area contributed by atoms with Gasteiger partial charge < -0.3 is 9.80 Å². The van der Waals surface area contributed by atoms with Crippen LogP contribution in [0.15, 0.2) is 25.0 Å². The van der Waals surface area contributed by atoms with Crippen LogP contribution in [0.4, 0.5) is 5.82 Å². The van der Waals surface area contributed by atoms with E-state index in [-0.39, 0.29) is 5.92 Å². The van der Waals surface area contributed by atoms with Crippen molar-refractivity contribution in [3.63, 3.8) is 0 Å². The molecule has 0 N–H and O–H groups in total. The average Bonchev–Trinajstić information content (AvgIpc) is 3.23. The number of rotatable bonds is 3. The summed E-state index contributed by atoms with van der Waals surface area (Å²) >= 11 is 0. The fraction of sp³-hybridized carbons (Fsp3) is 0.611. The van der Waals surface area contributed by atoms with Crippen LogP contribution in [0.5, 0.6) is 0 Å². The van der Waals surface area contributed by atoms with Gasteiger partial charge in [0, 0.05) is 32.2 Å². The molecule has 1 atom stereocenters. The van der Waals surface area contributed by atoms with Gasteiger partial charge in [0.2, 0.25) is 5.91 Å². The predicted octanol–water partition coefficient (Wildman–Crippen LogP) is 1.53. The molecule has 2 aromatic heterocycles. The van der Waals surface area contributed by atoms with Crippen LogP contribution in [0.2, 0.25) is 0 Å². The monoisotopic (exact) mass is 355 g/mol. The molecular weight excluding hydrogens is 330 g/mol. The number of carbonyl (C=O) groups is 1. The first kappa shape index (κ1) is 16.9. The van der Waals surface area contributed by atoms with E-state index in [1.165, 1.54) is 6.33 Å². The molecule has 2 aromatic rings. The lowest BCUT2D eigenvalue weighted by Crippen LogP contribution is -2.47. The Kier molecular flexibility index (Phi) is 4.81. The summed E-state index contributed by atoms with van der Waals surface area (Å²) in [5.41, 5.74) is 0. The first-order valence-electron chi connectivity index (χ1n) is 9.41. The van der Waals surface area contributed by atoms with E-state index in [4.69, 9.17) is 0 Å². The number of nitrogens with zero attached hydrogens (tertiary/aromatic N) is 7. The molecule has 26 heavy (non-hydrogen) atoms. The normalized spacial score (nSPS) is 21.8. The Hall–Kier alpha value is -2.51. The van der Waals surface area contributed by atoms with Gasteiger partial charge in [-0.15, -0.1) is 0 Å². The van der Waals surface area contributed by atoms with Gasteiger partial charge in [-0.2, -0.15) is 5.10 Å². The van der Waals surface area contributed by atoms with Gasteiger partial charge in [-0.1, -0.05) is 6.92 Å². The number of amides is 1. The number of piperidine rings is 2. The van der Waals surface area contributed by atoms with Gasteiger partial charge in [0.1, 0.15) is 24.8 Å². The molecule has 2 aliphatic rings. The van der Waals surface area contributed by atoms with Gasteiger partial charge >= 0.3 is 0 Å². The summed E-state index contributed by atoms with van der Waals surface area (Å²) in [4.78, 5) is 29.8. The number of carbonyl (C=O) groups excluding carboxylic acids is 1. The highest BCUT2D eigenvalue weighted by molar-refractivity contribution is 5.79. The molecule has 138 valence electrons. The highest BCUT2D eigenvalue weighted by atomic mass is 16.2. The van der Waals surface area contributed by atoms with Crippen molar-refractivity contribution in [2.75, 3.05) is 31.1 Å². The third-order valence-electron chi connectivity index (χ3n) is 5.48. The van der Waals surface area contributed by atoms with Crippen LogP contribution < -0.4 is 4.90 Å². The number of hydrogen-bond acceptors (Lipinski definition) is 6. The summed E-state index contributed by atoms with van der Waals surface area (Å²) in [5, 5.41) is 4.12. The molecule has 2 saturated heterocycles. The maximum atomic E-state index is 12.9. The first-order valence-corrected chi connectivity index (χ1v) is 9.41. The minimum Gasteiger partial charge on any atom is -0.356 e. The highest BCUT2D eigenvalue weighted by Crippen LogP contribution is 2.25. The smallest absolute Gasteiger partial charge is 0.227 e. The SMILES string of the molecule is CC1CCN(C(=O)C2CCCN(c3cc(-n4cncn4)ncn3)C2)CC1. The van der Waals surface area contributed by atoms with E-state index in [0.29, 0.717) is 11.7 Å². The second-order valence-electron chi connectivity index (χ2n) is 7.37. The Balaban J connectivity index is 1.45. The molecule has 0 aromatic carbocycles. The van der Waals surface area contributed by atoms with Crippen LogP contribution in [-0.2, 0) is 4.79 Å². The largest absolute Gasteiger partial charge is 0.356 e. The summed E-state index contributed by atoms with van der Waals surface area (Å²) in [6.45, 7) is 5.71. The van der Waals surface area contributed by atoms with E-state index in [1.807, 2.05) is 6.07 Å². The van der Waals surface area contributed by atoms with Gasteiger partial charge in [-0.25, -0.2) is 19.6 Å². The quantitative estimate of drug-likeness (QED) is 0.831. The van der Waals surface area contributed by atoms with E-state index < -0.39 is 0 Å². The molecular formula is C18H25N7O. The molecule has 0 aliphatic carbocycles. The Morgan fingerprint density at radius 1 is 1.08 bits per heavy atom. The maximum Gasteiger partial charge on any atom is 0.227 e. The third kappa shape index (κ3) is 3.54. The molecule has 8 heteroatoms. The molecule has 4 heterocycles. The van der Waals surface area contributed by atoms with Crippen molar-refractivity contribution in [2.45, 2.75) is 32.6 Å². The van der Waals surface area contributed by atoms with Crippen LogP contribution in [0.1, 0.15) is 32.6 Å². The molecule has 0 radical (unpaired) electrons. The van der Waals surface area contributed by atoms with Crippen LogP contribution in [0.25, 0.3) is 5.82 Å². The topological polar surface area (TPSA) is 80.0 Å². The summed E-state index contributed by atoms with van der Waals surface area (Å²) in [7, 11) is 0. The summed E-state index contributed by atoms with van der Waals surface area (Å²) in [6.07, 6.45) is 8.85. The fourth-order valence-corrected chi connectivity index (χ4v) is 3.84. The first-order chi connectivity index (χ1) is 12.7. The molecule has 8 nitrogen and oxygen atoms in total. The molecule has 1 unspecified atom stereocenters. The van der Waals surface area contributed by atoms with Gasteiger partial charge in [0.15, 0.2) is 5.82 Å². The molecule has 1 amide bonds. The molecule has 4 rings (SSSR count). The van der Waals surface area contributed by atoms with Crippen LogP contribution in [0.3, 0.4) is 0 Å². The second-order valence-corrected chi connectivity index (χ2v) is 7.37. The van der Waals surface area contributed by atoms with Crippen molar-refractivity contribution in [1.82, 2.24) is 29.6 Å². The lowest BCUT2D eigenvalue weighted by Gasteiger charge is -2.37. The van der Waals surface area contributed by atoms with Gasteiger partial charge in [-0.05, 0) is 31.6 Å². The maximum absolute atomic E-state index is 12.9. The predicted molar refractivity (Wildman–Crippen MR) is 96.9 cm³/mol. The van der Waals surface area contributed by atoms with E-state index in [9.17, 15) is 4.79 Å². The lowest BCUT2D eigenvalue weighted by molar-refractivity contribution is -0.137. The van der Waals surface area contributed by atoms with Crippen molar-refractivity contribution in [1.29, 1.82) is 0 Å². The average molecular weight is 355 g/mol. The Bertz CT molecular complexity index is 740. The molecule has 2 aliphatic heterocycles. The van der Waals surface area contributed by atoms with Crippen molar-refractivity contribution in [3.8, 4) is 5.82 Å². The standard InChI is InChI=1S/C18H25N7O/c1-14-4-7-23(8-5-14)18(26)15-3-2-6-24(10-15)16-9-17(21-12-20-16)25-13-19-11-22-25/h9,11-15H,2-8,10H2,1H3. The minimum absolute atomic E-state index is 0.0574. The summed E-state index contributed by atoms with van der Waals surface area (Å²) in [6, 6.07) is 1.91. The zero-order valence-electron chi connectivity index (χ0n) is 15.2. The zero-order chi connectivity index (χ0) is 17.9. The summed E-state index contributed by atoms with van der Waals surface area (Å²) < 4.78 is 1.62. The lowest BCUT2D eigenvalue weighted by atomic mass is 9.93. The van der Waals surface area contributed by atoms with Crippen molar-refractivity contribution >= 4 is 11.7 Å². The van der Waals surface area contributed by atoms with Crippen molar-refractivity contribution < 1.29 is 4.79 Å². The Morgan fingerprint density at radius 3 is 2.65 bits per heavy atom. The summed E-state index contributed by atoms with van der Waals surface area (Å²) in [5.74, 6) is 2.63. The van der Waals surface area contributed by atoms with E-state index in [0.717, 1.165) is 63.6 Å². The van der Waals surface area contributed by atoms with Gasteiger partial charge in [0.05, 0.1) is 5.92 Å². The zero-order valence-corrected chi connectivity index (χ0v) is 15.2. The van der Waals surface area contributed by atoms with Crippen LogP contribution >= 0.6 is 0 Å². The number of aromatic nitrogens is 5. The van der Waals surface area contributed by atoms with Crippen LogP contribution in [0, 0.1) is 11.8 Å². The minimum atomic E-state index is 0.0574. The number of anilines is 1. The van der Waals surface area contributed by atoms with E-state index in [1.54, 1.807) is 17.3 Å². The Labute approximate surface area is 153 Å². The third-order valence-corrected chi connectivity index (χ3v) is 5.48. The molecule has 0 bridgehead atoms.